The Bertz CT molecular complexity index is 662. The molecule has 0 fully saturated rings. The summed E-state index contributed by atoms with van der Waals surface area (Å²) in [5.74, 6) is 0.351. The van der Waals surface area contributed by atoms with Crippen LogP contribution in [0.2, 0.25) is 0 Å². The van der Waals surface area contributed by atoms with Gasteiger partial charge in [0.2, 0.25) is 0 Å². The van der Waals surface area contributed by atoms with E-state index < -0.39 is 0 Å². The lowest BCUT2D eigenvalue weighted by atomic mass is 10.1. The molecule has 0 aromatic heterocycles. The molecule has 2 rings (SSSR count). The summed E-state index contributed by atoms with van der Waals surface area (Å²) in [6, 6.07) is 13.2. The first kappa shape index (κ1) is 18.7. The number of rotatable bonds is 9. The zero-order chi connectivity index (χ0) is 17.9. The summed E-state index contributed by atoms with van der Waals surface area (Å²) in [7, 11) is 1.64. The Morgan fingerprint density at radius 2 is 1.84 bits per heavy atom. The highest BCUT2D eigenvalue weighted by Crippen LogP contribution is 2.23. The lowest BCUT2D eigenvalue weighted by Gasteiger charge is -2.13. The smallest absolute Gasteiger partial charge is 0.319 e. The lowest BCUT2D eigenvalue weighted by Crippen LogP contribution is -2.30. The van der Waals surface area contributed by atoms with Gasteiger partial charge in [-0.25, -0.2) is 9.18 Å². The molecule has 0 radical (unpaired) electrons. The van der Waals surface area contributed by atoms with Gasteiger partial charge in [0.05, 0.1) is 12.3 Å². The minimum Gasteiger partial charge on any atom is -0.491 e. The molecule has 0 bridgehead atoms. The highest BCUT2D eigenvalue weighted by molar-refractivity contribution is 5.90. The molecule has 2 amide bonds. The van der Waals surface area contributed by atoms with Crippen LogP contribution in [-0.4, -0.2) is 32.9 Å². The fraction of sp³-hybridized carbons (Fsp3) is 0.316. The van der Waals surface area contributed by atoms with Gasteiger partial charge in [-0.3, -0.25) is 0 Å². The maximum atomic E-state index is 12.9. The summed E-state index contributed by atoms with van der Waals surface area (Å²) in [6.45, 7) is 1.59. The van der Waals surface area contributed by atoms with Crippen LogP contribution >= 0.6 is 0 Å². The number of halogens is 1. The van der Waals surface area contributed by atoms with Gasteiger partial charge in [-0.1, -0.05) is 24.3 Å². The van der Waals surface area contributed by atoms with E-state index >= 15 is 0 Å². The first-order chi connectivity index (χ1) is 12.2. The van der Waals surface area contributed by atoms with Gasteiger partial charge in [0.1, 0.15) is 11.6 Å². The predicted molar refractivity (Wildman–Crippen MR) is 95.6 cm³/mol. The standard InChI is InChI=1S/C19H23FN2O3/c1-24-13-4-14-25-18-6-3-2-5-17(18)22-19(23)21-12-11-15-7-9-16(20)10-8-15/h2-3,5-10H,4,11-14H2,1H3,(H2,21,22,23). The number of anilines is 1. The number of urea groups is 1. The molecule has 0 heterocycles. The predicted octanol–water partition coefficient (Wildman–Crippen LogP) is 3.61. The molecule has 0 spiro atoms. The number of hydrogen-bond donors (Lipinski definition) is 2. The van der Waals surface area contributed by atoms with Crippen LogP contribution in [-0.2, 0) is 11.2 Å². The van der Waals surface area contributed by atoms with Gasteiger partial charge < -0.3 is 20.1 Å². The second-order valence-corrected chi connectivity index (χ2v) is 5.45. The van der Waals surface area contributed by atoms with Crippen LogP contribution in [0.15, 0.2) is 48.5 Å². The van der Waals surface area contributed by atoms with Gasteiger partial charge in [-0.2, -0.15) is 0 Å². The van der Waals surface area contributed by atoms with E-state index in [4.69, 9.17) is 9.47 Å². The summed E-state index contributed by atoms with van der Waals surface area (Å²) < 4.78 is 23.5. The van der Waals surface area contributed by atoms with E-state index in [1.807, 2.05) is 12.1 Å². The Hall–Kier alpha value is -2.60. The summed E-state index contributed by atoms with van der Waals surface area (Å²) in [4.78, 5) is 12.0. The molecule has 2 aromatic carbocycles. The van der Waals surface area contributed by atoms with Crippen molar-refractivity contribution in [1.29, 1.82) is 0 Å². The summed E-state index contributed by atoms with van der Waals surface area (Å²) >= 11 is 0. The summed E-state index contributed by atoms with van der Waals surface area (Å²) in [5, 5.41) is 5.56. The van der Waals surface area contributed by atoms with E-state index in [-0.39, 0.29) is 11.8 Å². The molecule has 0 saturated heterocycles. The minimum atomic E-state index is -0.310. The fourth-order valence-electron chi connectivity index (χ4n) is 2.22. The van der Waals surface area contributed by atoms with Crippen LogP contribution in [0.4, 0.5) is 14.9 Å². The fourth-order valence-corrected chi connectivity index (χ4v) is 2.22. The molecule has 2 aromatic rings. The van der Waals surface area contributed by atoms with Gasteiger partial charge >= 0.3 is 6.03 Å². The number of para-hydroxylation sites is 2. The zero-order valence-corrected chi connectivity index (χ0v) is 14.3. The highest BCUT2D eigenvalue weighted by Gasteiger charge is 2.07. The number of ether oxygens (including phenoxy) is 2. The molecule has 5 nitrogen and oxygen atoms in total. The molecular formula is C19H23FN2O3. The first-order valence-corrected chi connectivity index (χ1v) is 8.19. The normalized spacial score (nSPS) is 10.3. The SMILES string of the molecule is COCCCOc1ccccc1NC(=O)NCCc1ccc(F)cc1. The van der Waals surface area contributed by atoms with Crippen molar-refractivity contribution < 1.29 is 18.7 Å². The van der Waals surface area contributed by atoms with E-state index in [9.17, 15) is 9.18 Å². The second-order valence-electron chi connectivity index (χ2n) is 5.45. The van der Waals surface area contributed by atoms with Crippen LogP contribution in [0, 0.1) is 5.82 Å². The number of nitrogens with one attached hydrogen (secondary N) is 2. The molecule has 0 aliphatic carbocycles. The summed E-state index contributed by atoms with van der Waals surface area (Å²) in [5.41, 5.74) is 1.57. The van der Waals surface area contributed by atoms with E-state index in [1.165, 1.54) is 12.1 Å². The Morgan fingerprint density at radius 3 is 2.60 bits per heavy atom. The van der Waals surface area contributed by atoms with E-state index in [0.717, 1.165) is 12.0 Å². The molecule has 134 valence electrons. The van der Waals surface area contributed by atoms with Crippen LogP contribution in [0.1, 0.15) is 12.0 Å². The number of amides is 2. The topological polar surface area (TPSA) is 59.6 Å². The Labute approximate surface area is 147 Å². The molecule has 0 aliphatic heterocycles. The quantitative estimate of drug-likeness (QED) is 0.682. The van der Waals surface area contributed by atoms with Crippen LogP contribution in [0.3, 0.4) is 0 Å². The minimum absolute atomic E-state index is 0.267. The maximum Gasteiger partial charge on any atom is 0.319 e. The number of hydrogen-bond acceptors (Lipinski definition) is 3. The number of benzene rings is 2. The Morgan fingerprint density at radius 1 is 1.08 bits per heavy atom. The monoisotopic (exact) mass is 346 g/mol. The molecule has 2 N–H and O–H groups in total. The highest BCUT2D eigenvalue weighted by atomic mass is 19.1. The number of methoxy groups -OCH3 is 1. The molecule has 0 unspecified atom stereocenters. The molecule has 0 saturated carbocycles. The Balaban J connectivity index is 1.78. The van der Waals surface area contributed by atoms with Gasteiger partial charge in [0, 0.05) is 26.7 Å². The third-order valence-electron chi connectivity index (χ3n) is 3.50. The van der Waals surface area contributed by atoms with Crippen molar-refractivity contribution in [1.82, 2.24) is 5.32 Å². The lowest BCUT2D eigenvalue weighted by molar-refractivity contribution is 0.172. The maximum absolute atomic E-state index is 12.9. The third kappa shape index (κ3) is 6.81. The van der Waals surface area contributed by atoms with Gasteiger partial charge in [0.15, 0.2) is 0 Å². The van der Waals surface area contributed by atoms with Crippen LogP contribution in [0.5, 0.6) is 5.75 Å². The molecule has 6 heteroatoms. The first-order valence-electron chi connectivity index (χ1n) is 8.19. The van der Waals surface area contributed by atoms with E-state index in [2.05, 4.69) is 10.6 Å². The second kappa shape index (κ2) is 10.3. The van der Waals surface area contributed by atoms with Crippen molar-refractivity contribution in [2.75, 3.05) is 32.2 Å². The van der Waals surface area contributed by atoms with Gasteiger partial charge in [-0.15, -0.1) is 0 Å². The zero-order valence-electron chi connectivity index (χ0n) is 14.3. The number of carbonyl (C=O) groups is 1. The van der Waals surface area contributed by atoms with Crippen molar-refractivity contribution in [3.05, 3.63) is 59.9 Å². The van der Waals surface area contributed by atoms with Gasteiger partial charge in [-0.05, 0) is 36.2 Å². The Kier molecular flexibility index (Phi) is 7.72. The van der Waals surface area contributed by atoms with Crippen molar-refractivity contribution in [3.63, 3.8) is 0 Å². The molecular weight excluding hydrogens is 323 g/mol. The average Bonchev–Trinajstić information content (AvgIpc) is 2.62. The van der Waals surface area contributed by atoms with E-state index in [0.29, 0.717) is 37.6 Å². The van der Waals surface area contributed by atoms with Gasteiger partial charge in [0.25, 0.3) is 0 Å². The molecule has 0 aliphatic rings. The van der Waals surface area contributed by atoms with Crippen molar-refractivity contribution in [2.24, 2.45) is 0 Å². The largest absolute Gasteiger partial charge is 0.491 e. The van der Waals surface area contributed by atoms with Crippen LogP contribution in [0.25, 0.3) is 0 Å². The van der Waals surface area contributed by atoms with Crippen LogP contribution < -0.4 is 15.4 Å². The molecule has 25 heavy (non-hydrogen) atoms. The summed E-state index contributed by atoms with van der Waals surface area (Å²) in [6.07, 6.45) is 1.40. The van der Waals surface area contributed by atoms with Crippen molar-refractivity contribution in [2.45, 2.75) is 12.8 Å². The molecule has 0 atom stereocenters. The van der Waals surface area contributed by atoms with E-state index in [1.54, 1.807) is 31.4 Å². The van der Waals surface area contributed by atoms with Crippen molar-refractivity contribution >= 4 is 11.7 Å². The number of carbonyl (C=O) groups excluding carboxylic acids is 1. The van der Waals surface area contributed by atoms with Crippen molar-refractivity contribution in [3.8, 4) is 5.75 Å². The third-order valence-corrected chi connectivity index (χ3v) is 3.50. The average molecular weight is 346 g/mol.